The van der Waals surface area contributed by atoms with Gasteiger partial charge in [0.1, 0.15) is 11.4 Å². The fourth-order valence-corrected chi connectivity index (χ4v) is 3.66. The molecule has 1 aromatic carbocycles. The van der Waals surface area contributed by atoms with E-state index in [-0.39, 0.29) is 11.9 Å². The van der Waals surface area contributed by atoms with E-state index in [0.717, 1.165) is 49.2 Å². The van der Waals surface area contributed by atoms with Crippen LogP contribution in [0.25, 0.3) is 11.3 Å². The molecule has 1 atom stereocenters. The quantitative estimate of drug-likeness (QED) is 0.669. The first kappa shape index (κ1) is 18.2. The smallest absolute Gasteiger partial charge is 0.254 e. The first-order valence-corrected chi connectivity index (χ1v) is 9.58. The van der Waals surface area contributed by atoms with Crippen LogP contribution in [0.15, 0.2) is 59.4 Å². The number of aromatic nitrogens is 2. The summed E-state index contributed by atoms with van der Waals surface area (Å²) in [5, 5.41) is 4.31. The zero-order valence-electron chi connectivity index (χ0n) is 15.9. The van der Waals surface area contributed by atoms with Crippen LogP contribution in [0.5, 0.6) is 5.75 Å². The number of methoxy groups -OCH3 is 1. The number of ether oxygens (including phenoxy) is 1. The molecule has 0 N–H and O–H groups in total. The van der Waals surface area contributed by atoms with E-state index in [9.17, 15) is 4.79 Å². The fourth-order valence-electron chi connectivity index (χ4n) is 3.66. The summed E-state index contributed by atoms with van der Waals surface area (Å²) in [7, 11) is 1.64. The van der Waals surface area contributed by atoms with Gasteiger partial charge >= 0.3 is 0 Å². The van der Waals surface area contributed by atoms with Gasteiger partial charge in [-0.1, -0.05) is 18.0 Å². The third-order valence-electron chi connectivity index (χ3n) is 5.19. The molecule has 0 bridgehead atoms. The van der Waals surface area contributed by atoms with Crippen LogP contribution in [-0.4, -0.2) is 34.6 Å². The Balaban J connectivity index is 1.61. The predicted octanol–water partition coefficient (Wildman–Crippen LogP) is 4.50. The molecule has 6 heteroatoms. The molecule has 1 aliphatic heterocycles. The van der Waals surface area contributed by atoms with Crippen LogP contribution in [0.4, 0.5) is 0 Å². The van der Waals surface area contributed by atoms with Gasteiger partial charge in [0.2, 0.25) is 0 Å². The molecular weight excluding hydrogens is 354 g/mol. The standard InChI is InChI=1S/C22H23N3O3/c1-27-18-8-6-16(7-9-18)21-15-19(24-28-21)20-5-3-2-4-14-25(20)22(26)17-10-12-23-13-11-17/h6-13,15,20H,2-5,14H2,1H3/t20-/m0/s1. The number of rotatable bonds is 4. The number of benzene rings is 1. The third-order valence-corrected chi connectivity index (χ3v) is 5.19. The minimum Gasteiger partial charge on any atom is -0.497 e. The average molecular weight is 377 g/mol. The number of carbonyl (C=O) groups is 1. The molecule has 3 aromatic rings. The molecule has 4 rings (SSSR count). The molecule has 2 aromatic heterocycles. The number of hydrogen-bond donors (Lipinski definition) is 0. The Bertz CT molecular complexity index is 922. The van der Waals surface area contributed by atoms with E-state index >= 15 is 0 Å². The van der Waals surface area contributed by atoms with Crippen LogP contribution >= 0.6 is 0 Å². The van der Waals surface area contributed by atoms with Gasteiger partial charge in [-0.25, -0.2) is 0 Å². The Morgan fingerprint density at radius 1 is 1.11 bits per heavy atom. The lowest BCUT2D eigenvalue weighted by Crippen LogP contribution is -2.35. The summed E-state index contributed by atoms with van der Waals surface area (Å²) in [6.45, 7) is 0.719. The molecule has 0 saturated carbocycles. The highest BCUT2D eigenvalue weighted by Crippen LogP contribution is 2.33. The largest absolute Gasteiger partial charge is 0.497 e. The van der Waals surface area contributed by atoms with Crippen molar-refractivity contribution in [3.63, 3.8) is 0 Å². The van der Waals surface area contributed by atoms with Crippen molar-refractivity contribution in [3.8, 4) is 17.1 Å². The summed E-state index contributed by atoms with van der Waals surface area (Å²) in [6.07, 6.45) is 7.35. The fraction of sp³-hybridized carbons (Fsp3) is 0.318. The SMILES string of the molecule is COc1ccc(-c2cc([C@@H]3CCCCCN3C(=O)c3ccncc3)no2)cc1. The second-order valence-corrected chi connectivity index (χ2v) is 6.94. The molecule has 6 nitrogen and oxygen atoms in total. The van der Waals surface area contributed by atoms with Crippen molar-refractivity contribution in [2.45, 2.75) is 31.7 Å². The van der Waals surface area contributed by atoms with E-state index in [4.69, 9.17) is 9.26 Å². The molecule has 28 heavy (non-hydrogen) atoms. The van der Waals surface area contributed by atoms with Crippen LogP contribution in [0.2, 0.25) is 0 Å². The highest BCUT2D eigenvalue weighted by molar-refractivity contribution is 5.94. The molecule has 1 fully saturated rings. The average Bonchev–Trinajstić information content (AvgIpc) is 3.12. The highest BCUT2D eigenvalue weighted by atomic mass is 16.5. The molecule has 0 unspecified atom stereocenters. The summed E-state index contributed by atoms with van der Waals surface area (Å²) in [5.41, 5.74) is 2.39. The molecule has 1 saturated heterocycles. The number of hydrogen-bond acceptors (Lipinski definition) is 5. The van der Waals surface area contributed by atoms with Crippen molar-refractivity contribution in [2.75, 3.05) is 13.7 Å². The molecule has 1 aliphatic rings. The van der Waals surface area contributed by atoms with Gasteiger partial charge < -0.3 is 14.2 Å². The topological polar surface area (TPSA) is 68.5 Å². The van der Waals surface area contributed by atoms with E-state index in [1.54, 1.807) is 31.6 Å². The number of likely N-dealkylation sites (tertiary alicyclic amines) is 1. The summed E-state index contributed by atoms with van der Waals surface area (Å²) < 4.78 is 10.8. The lowest BCUT2D eigenvalue weighted by atomic mass is 10.0. The van der Waals surface area contributed by atoms with Crippen molar-refractivity contribution in [1.82, 2.24) is 15.0 Å². The number of carbonyl (C=O) groups excluding carboxylic acids is 1. The zero-order valence-corrected chi connectivity index (χ0v) is 15.9. The van der Waals surface area contributed by atoms with E-state index in [2.05, 4.69) is 10.1 Å². The second kappa shape index (κ2) is 8.25. The minimum atomic E-state index is -0.0843. The van der Waals surface area contributed by atoms with E-state index < -0.39 is 0 Å². The minimum absolute atomic E-state index is 0.0169. The van der Waals surface area contributed by atoms with Crippen LogP contribution in [0, 0.1) is 0 Å². The van der Waals surface area contributed by atoms with Gasteiger partial charge in [-0.3, -0.25) is 9.78 Å². The van der Waals surface area contributed by atoms with Crippen molar-refractivity contribution in [1.29, 1.82) is 0 Å². The Kier molecular flexibility index (Phi) is 5.37. The molecule has 1 amide bonds. The molecule has 0 spiro atoms. The van der Waals surface area contributed by atoms with Gasteiger partial charge in [0.05, 0.1) is 13.2 Å². The van der Waals surface area contributed by atoms with Gasteiger partial charge in [-0.15, -0.1) is 0 Å². The second-order valence-electron chi connectivity index (χ2n) is 6.94. The van der Waals surface area contributed by atoms with Crippen molar-refractivity contribution in [2.24, 2.45) is 0 Å². The summed E-state index contributed by atoms with van der Waals surface area (Å²) >= 11 is 0. The van der Waals surface area contributed by atoms with Crippen LogP contribution < -0.4 is 4.74 Å². The van der Waals surface area contributed by atoms with Crippen molar-refractivity contribution in [3.05, 3.63) is 66.1 Å². The van der Waals surface area contributed by atoms with Gasteiger partial charge in [0.25, 0.3) is 5.91 Å². The number of amides is 1. The van der Waals surface area contributed by atoms with Crippen molar-refractivity contribution < 1.29 is 14.1 Å². The molecular formula is C22H23N3O3. The lowest BCUT2D eigenvalue weighted by Gasteiger charge is -2.28. The van der Waals surface area contributed by atoms with Crippen LogP contribution in [0.1, 0.15) is 47.8 Å². The highest BCUT2D eigenvalue weighted by Gasteiger charge is 2.30. The van der Waals surface area contributed by atoms with E-state index in [0.29, 0.717) is 11.3 Å². The van der Waals surface area contributed by atoms with E-state index in [1.807, 2.05) is 35.2 Å². The first-order valence-electron chi connectivity index (χ1n) is 9.58. The van der Waals surface area contributed by atoms with Gasteiger partial charge in [-0.05, 0) is 49.2 Å². The zero-order chi connectivity index (χ0) is 19.3. The Hall–Kier alpha value is -3.15. The van der Waals surface area contributed by atoms with Crippen LogP contribution in [0.3, 0.4) is 0 Å². The predicted molar refractivity (Wildman–Crippen MR) is 105 cm³/mol. The summed E-state index contributed by atoms with van der Waals surface area (Å²) in [5.74, 6) is 1.50. The number of pyridine rings is 1. The maximum absolute atomic E-state index is 13.1. The van der Waals surface area contributed by atoms with Gasteiger partial charge in [0, 0.05) is 36.1 Å². The molecule has 144 valence electrons. The Morgan fingerprint density at radius 3 is 2.64 bits per heavy atom. The lowest BCUT2D eigenvalue weighted by molar-refractivity contribution is 0.0674. The van der Waals surface area contributed by atoms with Crippen molar-refractivity contribution >= 4 is 5.91 Å². The Labute approximate surface area is 164 Å². The molecule has 3 heterocycles. The van der Waals surface area contributed by atoms with Gasteiger partial charge in [-0.2, -0.15) is 0 Å². The van der Waals surface area contributed by atoms with Gasteiger partial charge in [0.15, 0.2) is 5.76 Å². The summed E-state index contributed by atoms with van der Waals surface area (Å²) in [6, 6.07) is 13.0. The maximum atomic E-state index is 13.1. The summed E-state index contributed by atoms with van der Waals surface area (Å²) in [4.78, 5) is 19.0. The normalized spacial score (nSPS) is 17.2. The first-order chi connectivity index (χ1) is 13.8. The third kappa shape index (κ3) is 3.76. The van der Waals surface area contributed by atoms with Crippen LogP contribution in [-0.2, 0) is 0 Å². The maximum Gasteiger partial charge on any atom is 0.254 e. The monoisotopic (exact) mass is 377 g/mol. The molecule has 0 aliphatic carbocycles. The Morgan fingerprint density at radius 2 is 1.89 bits per heavy atom. The van der Waals surface area contributed by atoms with E-state index in [1.165, 1.54) is 0 Å². The number of nitrogens with zero attached hydrogens (tertiary/aromatic N) is 3. The molecule has 0 radical (unpaired) electrons.